The van der Waals surface area contributed by atoms with Crippen LogP contribution in [-0.2, 0) is 16.1 Å². The van der Waals surface area contributed by atoms with E-state index in [1.807, 2.05) is 47.9 Å². The van der Waals surface area contributed by atoms with Crippen molar-refractivity contribution in [3.8, 4) is 11.4 Å². The second-order valence-electron chi connectivity index (χ2n) is 6.08. The topological polar surface area (TPSA) is 69.0 Å². The van der Waals surface area contributed by atoms with Crippen molar-refractivity contribution in [2.24, 2.45) is 0 Å². The van der Waals surface area contributed by atoms with Crippen LogP contribution in [0.5, 0.6) is 0 Å². The summed E-state index contributed by atoms with van der Waals surface area (Å²) >= 11 is 7.42. The van der Waals surface area contributed by atoms with E-state index in [4.69, 9.17) is 16.3 Å². The van der Waals surface area contributed by atoms with Crippen LogP contribution in [-0.4, -0.2) is 40.1 Å². The van der Waals surface area contributed by atoms with Crippen LogP contribution in [0.3, 0.4) is 0 Å². The maximum absolute atomic E-state index is 12.3. The van der Waals surface area contributed by atoms with Crippen LogP contribution in [0.15, 0.2) is 53.7 Å². The SMILES string of the molecule is COCCn1c(SCC(=O)Nc2ccccc2Cl)nnc1-c1ccccc1C. The summed E-state index contributed by atoms with van der Waals surface area (Å²) in [6, 6.07) is 15.2. The first-order chi connectivity index (χ1) is 13.6. The second kappa shape index (κ2) is 9.73. The van der Waals surface area contributed by atoms with Crippen molar-refractivity contribution in [2.75, 3.05) is 24.8 Å². The van der Waals surface area contributed by atoms with Crippen LogP contribution in [0.4, 0.5) is 5.69 Å². The molecule has 0 fully saturated rings. The molecule has 0 saturated carbocycles. The zero-order valence-corrected chi connectivity index (χ0v) is 17.3. The molecule has 1 heterocycles. The van der Waals surface area contributed by atoms with Crippen LogP contribution >= 0.6 is 23.4 Å². The fraction of sp³-hybridized carbons (Fsp3) is 0.250. The molecule has 0 saturated heterocycles. The van der Waals surface area contributed by atoms with E-state index in [9.17, 15) is 4.79 Å². The second-order valence-corrected chi connectivity index (χ2v) is 7.43. The molecule has 0 unspecified atom stereocenters. The van der Waals surface area contributed by atoms with E-state index in [1.165, 1.54) is 11.8 Å². The van der Waals surface area contributed by atoms with Crippen molar-refractivity contribution in [3.63, 3.8) is 0 Å². The molecule has 0 bridgehead atoms. The van der Waals surface area contributed by atoms with E-state index in [-0.39, 0.29) is 11.7 Å². The number of thioether (sulfide) groups is 1. The lowest BCUT2D eigenvalue weighted by Crippen LogP contribution is -2.15. The molecule has 28 heavy (non-hydrogen) atoms. The van der Waals surface area contributed by atoms with Crippen molar-refractivity contribution < 1.29 is 9.53 Å². The van der Waals surface area contributed by atoms with E-state index in [0.717, 1.165) is 17.0 Å². The molecule has 3 rings (SSSR count). The van der Waals surface area contributed by atoms with Gasteiger partial charge in [-0.15, -0.1) is 10.2 Å². The van der Waals surface area contributed by atoms with Crippen LogP contribution in [0.25, 0.3) is 11.4 Å². The van der Waals surface area contributed by atoms with Gasteiger partial charge in [-0.1, -0.05) is 59.8 Å². The summed E-state index contributed by atoms with van der Waals surface area (Å²) in [5, 5.41) is 12.7. The van der Waals surface area contributed by atoms with Gasteiger partial charge in [-0.05, 0) is 24.6 Å². The van der Waals surface area contributed by atoms with E-state index < -0.39 is 0 Å². The Morgan fingerprint density at radius 2 is 1.93 bits per heavy atom. The number of benzene rings is 2. The van der Waals surface area contributed by atoms with Crippen molar-refractivity contribution in [3.05, 3.63) is 59.1 Å². The Morgan fingerprint density at radius 3 is 2.68 bits per heavy atom. The fourth-order valence-corrected chi connectivity index (χ4v) is 3.63. The number of para-hydroxylation sites is 1. The monoisotopic (exact) mass is 416 g/mol. The molecule has 1 aromatic heterocycles. The highest BCUT2D eigenvalue weighted by Crippen LogP contribution is 2.27. The molecule has 2 aromatic carbocycles. The first kappa shape index (κ1) is 20.4. The van der Waals surface area contributed by atoms with Gasteiger partial charge < -0.3 is 10.1 Å². The van der Waals surface area contributed by atoms with Crippen LogP contribution in [0.2, 0.25) is 5.02 Å². The Balaban J connectivity index is 1.75. The van der Waals surface area contributed by atoms with Crippen molar-refractivity contribution in [1.82, 2.24) is 14.8 Å². The number of nitrogens with zero attached hydrogens (tertiary/aromatic N) is 3. The highest BCUT2D eigenvalue weighted by Gasteiger charge is 2.17. The standard InChI is InChI=1S/C20H21ClN4O2S/c1-14-7-3-4-8-15(14)19-23-24-20(25(19)11-12-27-2)28-13-18(26)22-17-10-6-5-9-16(17)21/h3-10H,11-13H2,1-2H3,(H,22,26). The zero-order chi connectivity index (χ0) is 19.9. The number of carbonyl (C=O) groups excluding carboxylic acids is 1. The summed E-state index contributed by atoms with van der Waals surface area (Å²) in [6.45, 7) is 3.16. The Kier molecular flexibility index (Phi) is 7.08. The Labute approximate surface area is 173 Å². The first-order valence-electron chi connectivity index (χ1n) is 8.75. The minimum Gasteiger partial charge on any atom is -0.383 e. The third-order valence-electron chi connectivity index (χ3n) is 4.10. The van der Waals surface area contributed by atoms with Gasteiger partial charge in [-0.2, -0.15) is 0 Å². The molecule has 8 heteroatoms. The predicted octanol–water partition coefficient (Wildman–Crippen LogP) is 4.28. The number of carbonyl (C=O) groups is 1. The number of amides is 1. The lowest BCUT2D eigenvalue weighted by atomic mass is 10.1. The van der Waals surface area contributed by atoms with E-state index in [0.29, 0.717) is 29.0 Å². The number of aromatic nitrogens is 3. The number of hydrogen-bond donors (Lipinski definition) is 1. The van der Waals surface area contributed by atoms with Crippen molar-refractivity contribution in [1.29, 1.82) is 0 Å². The number of nitrogens with one attached hydrogen (secondary N) is 1. The number of halogens is 1. The highest BCUT2D eigenvalue weighted by atomic mass is 35.5. The van der Waals surface area contributed by atoms with E-state index in [1.54, 1.807) is 19.2 Å². The molecule has 0 spiro atoms. The van der Waals surface area contributed by atoms with E-state index in [2.05, 4.69) is 15.5 Å². The average molecular weight is 417 g/mol. The van der Waals surface area contributed by atoms with Crippen molar-refractivity contribution in [2.45, 2.75) is 18.6 Å². The van der Waals surface area contributed by atoms with Gasteiger partial charge in [0.05, 0.1) is 29.6 Å². The average Bonchev–Trinajstić information content (AvgIpc) is 3.09. The van der Waals surface area contributed by atoms with Gasteiger partial charge in [0.15, 0.2) is 11.0 Å². The quantitative estimate of drug-likeness (QED) is 0.555. The normalized spacial score (nSPS) is 10.8. The van der Waals surface area contributed by atoms with Gasteiger partial charge in [0.25, 0.3) is 0 Å². The maximum Gasteiger partial charge on any atom is 0.234 e. The third-order valence-corrected chi connectivity index (χ3v) is 5.40. The van der Waals surface area contributed by atoms with Crippen LogP contribution in [0, 0.1) is 6.92 Å². The number of methoxy groups -OCH3 is 1. The number of aryl methyl sites for hydroxylation is 1. The lowest BCUT2D eigenvalue weighted by molar-refractivity contribution is -0.113. The fourth-order valence-electron chi connectivity index (χ4n) is 2.68. The molecule has 1 amide bonds. The van der Waals surface area contributed by atoms with Crippen molar-refractivity contribution >= 4 is 35.0 Å². The van der Waals surface area contributed by atoms with Gasteiger partial charge in [-0.3, -0.25) is 9.36 Å². The molecular weight excluding hydrogens is 396 g/mol. The Morgan fingerprint density at radius 1 is 1.18 bits per heavy atom. The summed E-state index contributed by atoms with van der Waals surface area (Å²) < 4.78 is 7.21. The molecule has 1 N–H and O–H groups in total. The molecule has 146 valence electrons. The maximum atomic E-state index is 12.3. The van der Waals surface area contributed by atoms with Gasteiger partial charge in [0.1, 0.15) is 0 Å². The minimum absolute atomic E-state index is 0.156. The summed E-state index contributed by atoms with van der Waals surface area (Å²) in [5.74, 6) is 0.811. The van der Waals surface area contributed by atoms with Gasteiger partial charge in [0.2, 0.25) is 5.91 Å². The molecule has 0 radical (unpaired) electrons. The molecular formula is C20H21ClN4O2S. The predicted molar refractivity (Wildman–Crippen MR) is 113 cm³/mol. The van der Waals surface area contributed by atoms with Gasteiger partial charge >= 0.3 is 0 Å². The summed E-state index contributed by atoms with van der Waals surface area (Å²) in [6.07, 6.45) is 0. The van der Waals surface area contributed by atoms with E-state index >= 15 is 0 Å². The largest absolute Gasteiger partial charge is 0.383 e. The van der Waals surface area contributed by atoms with Crippen LogP contribution < -0.4 is 5.32 Å². The molecule has 0 aliphatic rings. The van der Waals surface area contributed by atoms with Crippen LogP contribution in [0.1, 0.15) is 5.56 Å². The highest BCUT2D eigenvalue weighted by molar-refractivity contribution is 7.99. The number of hydrogen-bond acceptors (Lipinski definition) is 5. The summed E-state index contributed by atoms with van der Waals surface area (Å²) in [5.41, 5.74) is 2.72. The Bertz CT molecular complexity index is 961. The third kappa shape index (κ3) is 4.92. The molecule has 6 nitrogen and oxygen atoms in total. The smallest absolute Gasteiger partial charge is 0.234 e. The number of ether oxygens (including phenoxy) is 1. The first-order valence-corrected chi connectivity index (χ1v) is 10.1. The molecule has 0 aliphatic carbocycles. The number of rotatable bonds is 8. The number of anilines is 1. The molecule has 3 aromatic rings. The van der Waals surface area contributed by atoms with Gasteiger partial charge in [0, 0.05) is 12.7 Å². The summed E-state index contributed by atoms with van der Waals surface area (Å²) in [7, 11) is 1.65. The minimum atomic E-state index is -0.156. The zero-order valence-electron chi connectivity index (χ0n) is 15.7. The summed E-state index contributed by atoms with van der Waals surface area (Å²) in [4.78, 5) is 12.3. The Hall–Kier alpha value is -2.35. The lowest BCUT2D eigenvalue weighted by Gasteiger charge is -2.11. The molecule has 0 aliphatic heterocycles. The molecule has 0 atom stereocenters. The van der Waals surface area contributed by atoms with Gasteiger partial charge in [-0.25, -0.2) is 0 Å².